The molecule has 5 fully saturated rings. The van der Waals surface area contributed by atoms with Gasteiger partial charge in [-0.2, -0.15) is 0 Å². The van der Waals surface area contributed by atoms with E-state index in [1.807, 2.05) is 13.8 Å². The Balaban J connectivity index is 1.37. The molecule has 246 valence electrons. The van der Waals surface area contributed by atoms with Gasteiger partial charge < -0.3 is 40.1 Å². The number of hydrogen-bond acceptors (Lipinski definition) is 8. The second-order valence-electron chi connectivity index (χ2n) is 17.6. The van der Waals surface area contributed by atoms with Gasteiger partial charge in [-0.3, -0.25) is 0 Å². The van der Waals surface area contributed by atoms with Crippen molar-refractivity contribution in [1.82, 2.24) is 0 Å². The van der Waals surface area contributed by atoms with Crippen LogP contribution in [0.5, 0.6) is 0 Å². The topological polar surface area (TPSA) is 140 Å². The summed E-state index contributed by atoms with van der Waals surface area (Å²) in [5.41, 5.74) is 0.114. The number of hydrogen-bond donors (Lipinski definition) is 6. The van der Waals surface area contributed by atoms with Crippen LogP contribution in [-0.4, -0.2) is 86.8 Å². The molecule has 0 spiro atoms. The molecule has 6 N–H and O–H groups in total. The van der Waals surface area contributed by atoms with E-state index in [1.165, 1.54) is 5.57 Å². The van der Waals surface area contributed by atoms with Gasteiger partial charge in [-0.25, -0.2) is 0 Å². The van der Waals surface area contributed by atoms with Gasteiger partial charge in [-0.05, 0) is 96.2 Å². The number of rotatable bonds is 3. The minimum Gasteiger partial charge on any atom is -0.393 e. The van der Waals surface area contributed by atoms with E-state index in [0.717, 1.165) is 38.5 Å². The number of ether oxygens (including phenoxy) is 2. The summed E-state index contributed by atoms with van der Waals surface area (Å²) in [6, 6.07) is 0. The van der Waals surface area contributed by atoms with Crippen LogP contribution in [0, 0.1) is 50.2 Å². The molecular weight excluding hydrogens is 548 g/mol. The van der Waals surface area contributed by atoms with Gasteiger partial charge in [0.25, 0.3) is 0 Å². The first-order valence-electron chi connectivity index (χ1n) is 16.9. The molecule has 4 saturated carbocycles. The van der Waals surface area contributed by atoms with Gasteiger partial charge in [0.2, 0.25) is 0 Å². The van der Waals surface area contributed by atoms with Gasteiger partial charge in [-0.1, -0.05) is 60.1 Å². The molecule has 8 heteroatoms. The normalized spacial score (nSPS) is 55.7. The Morgan fingerprint density at radius 3 is 2.21 bits per heavy atom. The Hall–Kier alpha value is -0.580. The average Bonchev–Trinajstić information content (AvgIpc) is 2.93. The summed E-state index contributed by atoms with van der Waals surface area (Å²) in [5.74, 6) is 0.940. The lowest BCUT2D eigenvalue weighted by atomic mass is 9.33. The summed E-state index contributed by atoms with van der Waals surface area (Å²) in [6.45, 7) is 16.0. The van der Waals surface area contributed by atoms with Gasteiger partial charge in [0.15, 0.2) is 6.29 Å². The molecular formula is C35H58O8. The molecule has 0 aromatic heterocycles. The predicted molar refractivity (Wildman–Crippen MR) is 162 cm³/mol. The third-order valence-corrected chi connectivity index (χ3v) is 15.0. The zero-order valence-corrected chi connectivity index (χ0v) is 27.4. The highest BCUT2D eigenvalue weighted by molar-refractivity contribution is 5.35. The van der Waals surface area contributed by atoms with Crippen LogP contribution in [0.25, 0.3) is 0 Å². The summed E-state index contributed by atoms with van der Waals surface area (Å²) >= 11 is 0. The van der Waals surface area contributed by atoms with Crippen LogP contribution >= 0.6 is 0 Å². The Morgan fingerprint density at radius 1 is 0.814 bits per heavy atom. The van der Waals surface area contributed by atoms with Gasteiger partial charge >= 0.3 is 0 Å². The lowest BCUT2D eigenvalue weighted by Gasteiger charge is -2.72. The zero-order valence-electron chi connectivity index (χ0n) is 27.4. The first kappa shape index (κ1) is 32.4. The van der Waals surface area contributed by atoms with Crippen molar-refractivity contribution in [3.63, 3.8) is 0 Å². The molecule has 1 saturated heterocycles. The standard InChI is InChI=1S/C35H58O8/c1-30(2)16-20-19-8-9-23-32(5)12-11-24(37)31(3,4)22(32)10-13-34(23,7)33(19,6)14-15-35(20,28(41)27(30)40)18-43-29-26(39)25(38)21(36)17-42-29/h8,20-29,36-41H,9-18H2,1-7H3/t20-,21+,22-,23+,24+,25-,26-,27+,28-,29+,32-,33+,34+,35-/m0/s1. The van der Waals surface area contributed by atoms with E-state index in [-0.39, 0.29) is 46.9 Å². The Morgan fingerprint density at radius 2 is 1.51 bits per heavy atom. The molecule has 0 amide bonds. The van der Waals surface area contributed by atoms with Crippen molar-refractivity contribution in [2.75, 3.05) is 13.2 Å². The van der Waals surface area contributed by atoms with E-state index in [9.17, 15) is 30.6 Å². The molecule has 43 heavy (non-hydrogen) atoms. The fourth-order valence-electron chi connectivity index (χ4n) is 11.9. The second kappa shape index (κ2) is 10.2. The van der Waals surface area contributed by atoms with Gasteiger partial charge in [0, 0.05) is 5.41 Å². The van der Waals surface area contributed by atoms with Crippen LogP contribution < -0.4 is 0 Å². The molecule has 0 unspecified atom stereocenters. The van der Waals surface area contributed by atoms with Gasteiger partial charge in [0.05, 0.1) is 31.5 Å². The van der Waals surface area contributed by atoms with E-state index < -0.39 is 47.6 Å². The van der Waals surface area contributed by atoms with E-state index in [1.54, 1.807) is 0 Å². The predicted octanol–water partition coefficient (Wildman–Crippen LogP) is 3.55. The smallest absolute Gasteiger partial charge is 0.186 e. The molecule has 1 heterocycles. The summed E-state index contributed by atoms with van der Waals surface area (Å²) < 4.78 is 11.8. The summed E-state index contributed by atoms with van der Waals surface area (Å²) in [4.78, 5) is 0. The van der Waals surface area contributed by atoms with Crippen LogP contribution in [0.4, 0.5) is 0 Å². The summed E-state index contributed by atoms with van der Waals surface area (Å²) in [5, 5.41) is 65.1. The molecule has 1 aliphatic heterocycles. The lowest BCUT2D eigenvalue weighted by Crippen LogP contribution is -2.68. The number of aliphatic hydroxyl groups excluding tert-OH is 6. The van der Waals surface area contributed by atoms with Crippen molar-refractivity contribution in [1.29, 1.82) is 0 Å². The molecule has 0 radical (unpaired) electrons. The van der Waals surface area contributed by atoms with Crippen LogP contribution in [0.2, 0.25) is 0 Å². The van der Waals surface area contributed by atoms with Crippen LogP contribution in [0.15, 0.2) is 11.6 Å². The van der Waals surface area contributed by atoms with Crippen molar-refractivity contribution in [3.05, 3.63) is 11.6 Å². The van der Waals surface area contributed by atoms with E-state index >= 15 is 0 Å². The molecule has 0 aromatic carbocycles. The molecule has 6 rings (SSSR count). The highest BCUT2D eigenvalue weighted by atomic mass is 16.7. The van der Waals surface area contributed by atoms with E-state index in [4.69, 9.17) is 9.47 Å². The maximum absolute atomic E-state index is 11.9. The molecule has 6 aliphatic rings. The third kappa shape index (κ3) is 4.29. The van der Waals surface area contributed by atoms with Gasteiger partial charge in [0.1, 0.15) is 18.3 Å². The monoisotopic (exact) mass is 606 g/mol. The van der Waals surface area contributed by atoms with E-state index in [0.29, 0.717) is 24.7 Å². The van der Waals surface area contributed by atoms with Gasteiger partial charge in [-0.15, -0.1) is 0 Å². The fourth-order valence-corrected chi connectivity index (χ4v) is 11.9. The quantitative estimate of drug-likeness (QED) is 0.268. The van der Waals surface area contributed by atoms with E-state index in [2.05, 4.69) is 40.7 Å². The highest BCUT2D eigenvalue weighted by Crippen LogP contribution is 2.75. The molecule has 0 bridgehead atoms. The molecule has 14 atom stereocenters. The number of fused-ring (bicyclic) bond motifs is 7. The van der Waals surface area contributed by atoms with Crippen molar-refractivity contribution in [3.8, 4) is 0 Å². The lowest BCUT2D eigenvalue weighted by molar-refractivity contribution is -0.294. The fraction of sp³-hybridized carbons (Fsp3) is 0.943. The van der Waals surface area contributed by atoms with Crippen LogP contribution in [-0.2, 0) is 9.47 Å². The highest BCUT2D eigenvalue weighted by Gasteiger charge is 2.70. The minimum absolute atomic E-state index is 0.0242. The van der Waals surface area contributed by atoms with Crippen molar-refractivity contribution in [2.45, 2.75) is 143 Å². The largest absolute Gasteiger partial charge is 0.393 e. The first-order chi connectivity index (χ1) is 19.9. The Labute approximate surface area is 257 Å². The average molecular weight is 607 g/mol. The third-order valence-electron chi connectivity index (χ3n) is 15.0. The van der Waals surface area contributed by atoms with Crippen LogP contribution in [0.3, 0.4) is 0 Å². The second-order valence-corrected chi connectivity index (χ2v) is 17.6. The van der Waals surface area contributed by atoms with Crippen molar-refractivity contribution >= 4 is 0 Å². The Kier molecular flexibility index (Phi) is 7.68. The number of allylic oxidation sites excluding steroid dienone is 2. The molecule has 8 nitrogen and oxygen atoms in total. The zero-order chi connectivity index (χ0) is 31.5. The summed E-state index contributed by atoms with van der Waals surface area (Å²) in [6.07, 6.45) is 2.51. The summed E-state index contributed by atoms with van der Waals surface area (Å²) in [7, 11) is 0. The van der Waals surface area contributed by atoms with Crippen molar-refractivity contribution < 1.29 is 40.1 Å². The maximum atomic E-state index is 11.9. The number of aliphatic hydroxyl groups is 6. The maximum Gasteiger partial charge on any atom is 0.186 e. The minimum atomic E-state index is -1.41. The Bertz CT molecular complexity index is 1120. The van der Waals surface area contributed by atoms with Crippen LogP contribution in [0.1, 0.15) is 99.8 Å². The molecule has 0 aromatic rings. The molecule has 5 aliphatic carbocycles. The SMILES string of the molecule is CC1(C)C[C@H]2C3=CC[C@@H]4[C@@]5(C)CC[C@@H](O)C(C)(C)[C@@H]5CC[C@@]4(C)[C@]3(C)CC[C@@]2(CO[C@H]2OC[C@@H](O)[C@H](O)[C@@H]2O)[C@@H](O)[C@H]1O. The van der Waals surface area contributed by atoms with Crippen molar-refractivity contribution in [2.24, 2.45) is 50.2 Å². The first-order valence-corrected chi connectivity index (χ1v) is 16.9.